The van der Waals surface area contributed by atoms with E-state index < -0.39 is 0 Å². The van der Waals surface area contributed by atoms with Crippen molar-refractivity contribution in [3.05, 3.63) is 71.3 Å². The molecule has 1 saturated heterocycles. The topological polar surface area (TPSA) is 38.8 Å². The van der Waals surface area contributed by atoms with Crippen LogP contribution in [0.2, 0.25) is 0 Å². The number of piperidine rings is 1. The van der Waals surface area contributed by atoms with Gasteiger partial charge in [0.1, 0.15) is 6.10 Å². The first-order chi connectivity index (χ1) is 13.7. The number of hydrogen-bond donors (Lipinski definition) is 0. The summed E-state index contributed by atoms with van der Waals surface area (Å²) >= 11 is 0. The van der Waals surface area contributed by atoms with Crippen LogP contribution in [0.5, 0.6) is 0 Å². The van der Waals surface area contributed by atoms with Crippen molar-refractivity contribution in [1.29, 1.82) is 0 Å². The van der Waals surface area contributed by atoms with Gasteiger partial charge in [-0.25, -0.2) is 4.79 Å². The molecule has 1 atom stereocenters. The Morgan fingerprint density at radius 1 is 1.00 bits per heavy atom. The lowest BCUT2D eigenvalue weighted by atomic mass is 9.98. The Kier molecular flexibility index (Phi) is 7.49. The van der Waals surface area contributed by atoms with Crippen LogP contribution in [0.3, 0.4) is 0 Å². The van der Waals surface area contributed by atoms with E-state index in [-0.39, 0.29) is 18.3 Å². The molecule has 0 saturated carbocycles. The fourth-order valence-corrected chi connectivity index (χ4v) is 3.71. The van der Waals surface area contributed by atoms with Crippen LogP contribution in [0.25, 0.3) is 0 Å². The fraction of sp³-hybridized carbons (Fsp3) is 0.458. The van der Waals surface area contributed by atoms with Crippen molar-refractivity contribution < 1.29 is 14.3 Å². The summed E-state index contributed by atoms with van der Waals surface area (Å²) in [4.78, 5) is 13.7. The second kappa shape index (κ2) is 10.3. The third-order valence-electron chi connectivity index (χ3n) is 5.22. The van der Waals surface area contributed by atoms with Gasteiger partial charge in [0.25, 0.3) is 0 Å². The van der Waals surface area contributed by atoms with E-state index in [0.29, 0.717) is 19.7 Å². The molecule has 1 aliphatic heterocycles. The summed E-state index contributed by atoms with van der Waals surface area (Å²) in [6.07, 6.45) is 3.74. The molecule has 0 N–H and O–H groups in total. The molecule has 0 aliphatic carbocycles. The second-order valence-electron chi connectivity index (χ2n) is 7.30. The van der Waals surface area contributed by atoms with Crippen molar-refractivity contribution >= 4 is 6.09 Å². The number of aryl methyl sites for hydroxylation is 1. The zero-order valence-corrected chi connectivity index (χ0v) is 17.0. The summed E-state index contributed by atoms with van der Waals surface area (Å²) in [5.41, 5.74) is 3.71. The Hall–Kier alpha value is -2.33. The number of likely N-dealkylation sites (tertiary alicyclic amines) is 1. The van der Waals surface area contributed by atoms with E-state index in [1.54, 1.807) is 4.90 Å². The van der Waals surface area contributed by atoms with E-state index in [1.807, 2.05) is 13.0 Å². The summed E-state index contributed by atoms with van der Waals surface area (Å²) in [6, 6.07) is 19.2. The van der Waals surface area contributed by atoms with Gasteiger partial charge in [0.2, 0.25) is 0 Å². The van der Waals surface area contributed by atoms with E-state index >= 15 is 0 Å². The molecule has 28 heavy (non-hydrogen) atoms. The number of benzene rings is 2. The summed E-state index contributed by atoms with van der Waals surface area (Å²) in [5, 5.41) is 0. The van der Waals surface area contributed by atoms with Crippen LogP contribution >= 0.6 is 0 Å². The number of hydrogen-bond acceptors (Lipinski definition) is 3. The molecule has 0 bridgehead atoms. The standard InChI is InChI=1S/C24H31NO3/c1-3-8-19-11-13-21(14-12-19)23(20-9-6-5-7-10-20)28-22-15-17-25(18-16-22)24(26)27-4-2/h5-7,9-14,22-23H,3-4,8,15-18H2,1-2H3. The van der Waals surface area contributed by atoms with Crippen LogP contribution < -0.4 is 0 Å². The minimum Gasteiger partial charge on any atom is -0.450 e. The van der Waals surface area contributed by atoms with Crippen molar-refractivity contribution in [2.24, 2.45) is 0 Å². The highest BCUT2D eigenvalue weighted by atomic mass is 16.6. The fourth-order valence-electron chi connectivity index (χ4n) is 3.71. The molecule has 1 heterocycles. The normalized spacial score (nSPS) is 16.0. The van der Waals surface area contributed by atoms with E-state index in [2.05, 4.69) is 55.5 Å². The minimum atomic E-state index is -0.216. The van der Waals surface area contributed by atoms with Crippen LogP contribution in [0, 0.1) is 0 Å². The van der Waals surface area contributed by atoms with Gasteiger partial charge in [-0.15, -0.1) is 0 Å². The lowest BCUT2D eigenvalue weighted by Crippen LogP contribution is -2.41. The van der Waals surface area contributed by atoms with E-state index in [9.17, 15) is 4.79 Å². The van der Waals surface area contributed by atoms with Crippen molar-refractivity contribution in [3.8, 4) is 0 Å². The predicted octanol–water partition coefficient (Wildman–Crippen LogP) is 5.37. The van der Waals surface area contributed by atoms with Crippen molar-refractivity contribution in [1.82, 2.24) is 4.90 Å². The molecule has 1 amide bonds. The molecule has 150 valence electrons. The van der Waals surface area contributed by atoms with Crippen LogP contribution in [-0.2, 0) is 15.9 Å². The van der Waals surface area contributed by atoms with Crippen LogP contribution in [0.15, 0.2) is 54.6 Å². The van der Waals surface area contributed by atoms with Crippen LogP contribution in [-0.4, -0.2) is 36.8 Å². The zero-order valence-electron chi connectivity index (χ0n) is 17.0. The van der Waals surface area contributed by atoms with Gasteiger partial charge in [-0.05, 0) is 42.9 Å². The number of ether oxygens (including phenoxy) is 2. The first-order valence-electron chi connectivity index (χ1n) is 10.4. The lowest BCUT2D eigenvalue weighted by molar-refractivity contribution is -0.0260. The van der Waals surface area contributed by atoms with Gasteiger partial charge in [0.15, 0.2) is 0 Å². The summed E-state index contributed by atoms with van der Waals surface area (Å²) in [7, 11) is 0. The third-order valence-corrected chi connectivity index (χ3v) is 5.22. The number of rotatable bonds is 7. The Bertz CT molecular complexity index is 721. The Morgan fingerprint density at radius 2 is 1.64 bits per heavy atom. The molecule has 1 unspecified atom stereocenters. The molecule has 2 aromatic carbocycles. The monoisotopic (exact) mass is 381 g/mol. The van der Waals surface area contributed by atoms with Crippen molar-refractivity contribution in [2.75, 3.05) is 19.7 Å². The summed E-state index contributed by atoms with van der Waals surface area (Å²) < 4.78 is 11.7. The first-order valence-corrected chi connectivity index (χ1v) is 10.4. The van der Waals surface area contributed by atoms with Gasteiger partial charge < -0.3 is 14.4 Å². The maximum absolute atomic E-state index is 11.9. The predicted molar refractivity (Wildman–Crippen MR) is 111 cm³/mol. The van der Waals surface area contributed by atoms with E-state index in [4.69, 9.17) is 9.47 Å². The number of carbonyl (C=O) groups excluding carboxylic acids is 1. The summed E-state index contributed by atoms with van der Waals surface area (Å²) in [6.45, 7) is 5.82. The smallest absolute Gasteiger partial charge is 0.409 e. The first kappa shape index (κ1) is 20.4. The quantitative estimate of drug-likeness (QED) is 0.647. The number of carbonyl (C=O) groups is 1. The van der Waals surface area contributed by atoms with Crippen LogP contribution in [0.1, 0.15) is 55.9 Å². The highest BCUT2D eigenvalue weighted by Crippen LogP contribution is 2.30. The van der Waals surface area contributed by atoms with Gasteiger partial charge in [0, 0.05) is 13.1 Å². The molecule has 1 aliphatic rings. The van der Waals surface area contributed by atoms with Gasteiger partial charge in [0.05, 0.1) is 12.7 Å². The Labute approximate surface area is 168 Å². The third kappa shape index (κ3) is 5.35. The minimum absolute atomic E-state index is 0.0870. The van der Waals surface area contributed by atoms with Gasteiger partial charge in [-0.1, -0.05) is 67.9 Å². The van der Waals surface area contributed by atoms with E-state index in [0.717, 1.165) is 25.7 Å². The average molecular weight is 382 g/mol. The number of amides is 1. The largest absolute Gasteiger partial charge is 0.450 e. The maximum atomic E-state index is 11.9. The zero-order chi connectivity index (χ0) is 19.8. The molecule has 0 radical (unpaired) electrons. The van der Waals surface area contributed by atoms with Crippen molar-refractivity contribution in [3.63, 3.8) is 0 Å². The van der Waals surface area contributed by atoms with Crippen molar-refractivity contribution in [2.45, 2.75) is 51.7 Å². The SMILES string of the molecule is CCCc1ccc(C(OC2CCN(C(=O)OCC)CC2)c2ccccc2)cc1. The molecule has 1 fully saturated rings. The molecule has 3 rings (SSSR count). The highest BCUT2D eigenvalue weighted by molar-refractivity contribution is 5.67. The highest BCUT2D eigenvalue weighted by Gasteiger charge is 2.27. The van der Waals surface area contributed by atoms with Gasteiger partial charge in [-0.2, -0.15) is 0 Å². The Balaban J connectivity index is 1.70. The molecule has 0 aromatic heterocycles. The number of nitrogens with zero attached hydrogens (tertiary/aromatic N) is 1. The van der Waals surface area contributed by atoms with Gasteiger partial charge >= 0.3 is 6.09 Å². The molecule has 4 nitrogen and oxygen atoms in total. The summed E-state index contributed by atoms with van der Waals surface area (Å²) in [5.74, 6) is 0. The van der Waals surface area contributed by atoms with E-state index in [1.165, 1.54) is 16.7 Å². The molecule has 0 spiro atoms. The second-order valence-corrected chi connectivity index (χ2v) is 7.30. The molecular weight excluding hydrogens is 350 g/mol. The molecule has 4 heteroatoms. The molecular formula is C24H31NO3. The lowest BCUT2D eigenvalue weighted by Gasteiger charge is -2.33. The maximum Gasteiger partial charge on any atom is 0.409 e. The van der Waals surface area contributed by atoms with Crippen LogP contribution in [0.4, 0.5) is 4.79 Å². The average Bonchev–Trinajstić information content (AvgIpc) is 2.74. The van der Waals surface area contributed by atoms with Gasteiger partial charge in [-0.3, -0.25) is 0 Å². The Morgan fingerprint density at radius 3 is 2.25 bits per heavy atom. The molecule has 2 aromatic rings.